The van der Waals surface area contributed by atoms with Crippen molar-refractivity contribution < 1.29 is 9.53 Å². The third kappa shape index (κ3) is 1.80. The van der Waals surface area contributed by atoms with E-state index in [1.54, 1.807) is 7.11 Å². The van der Waals surface area contributed by atoms with Gasteiger partial charge in [-0.05, 0) is 0 Å². The summed E-state index contributed by atoms with van der Waals surface area (Å²) in [6.45, 7) is 1.45. The predicted molar refractivity (Wildman–Crippen MR) is 55.4 cm³/mol. The summed E-state index contributed by atoms with van der Waals surface area (Å²) in [7, 11) is 1.66. The number of halogens is 1. The fourth-order valence-electron chi connectivity index (χ4n) is 1.48. The Morgan fingerprint density at radius 1 is 1.60 bits per heavy atom. The van der Waals surface area contributed by atoms with E-state index in [1.807, 2.05) is 4.90 Å². The van der Waals surface area contributed by atoms with E-state index in [-0.39, 0.29) is 11.3 Å². The van der Waals surface area contributed by atoms with Gasteiger partial charge in [0.25, 0.3) is 0 Å². The summed E-state index contributed by atoms with van der Waals surface area (Å²) in [6, 6.07) is 0. The van der Waals surface area contributed by atoms with Crippen molar-refractivity contribution >= 4 is 23.7 Å². The number of ether oxygens (including phenoxy) is 1. The molecule has 0 radical (unpaired) electrons. The summed E-state index contributed by atoms with van der Waals surface area (Å²) < 4.78 is 5.14. The van der Waals surface area contributed by atoms with Crippen LogP contribution in [0.3, 0.4) is 0 Å². The molecule has 6 heteroatoms. The SMILES string of the molecule is COC1CN(c2ncnc(Cl)c2C=O)C1. The van der Waals surface area contributed by atoms with Crippen LogP contribution in [0.25, 0.3) is 0 Å². The van der Waals surface area contributed by atoms with Gasteiger partial charge in [-0.25, -0.2) is 9.97 Å². The van der Waals surface area contributed by atoms with Gasteiger partial charge in [0.15, 0.2) is 6.29 Å². The molecule has 1 aromatic rings. The molecule has 0 aliphatic carbocycles. The van der Waals surface area contributed by atoms with E-state index >= 15 is 0 Å². The monoisotopic (exact) mass is 227 g/mol. The van der Waals surface area contributed by atoms with E-state index in [2.05, 4.69) is 9.97 Å². The number of aromatic nitrogens is 2. The predicted octanol–water partition coefficient (Wildman–Crippen LogP) is 0.777. The topological polar surface area (TPSA) is 55.3 Å². The highest BCUT2D eigenvalue weighted by molar-refractivity contribution is 6.32. The van der Waals surface area contributed by atoms with Crippen molar-refractivity contribution in [2.24, 2.45) is 0 Å². The lowest BCUT2D eigenvalue weighted by Gasteiger charge is -2.39. The van der Waals surface area contributed by atoms with Gasteiger partial charge in [0.1, 0.15) is 17.3 Å². The van der Waals surface area contributed by atoms with Crippen molar-refractivity contribution in [1.82, 2.24) is 9.97 Å². The lowest BCUT2D eigenvalue weighted by molar-refractivity contribution is 0.0781. The summed E-state index contributed by atoms with van der Waals surface area (Å²) in [4.78, 5) is 20.6. The van der Waals surface area contributed by atoms with Gasteiger partial charge in [-0.2, -0.15) is 0 Å². The zero-order chi connectivity index (χ0) is 10.8. The molecule has 1 aliphatic heterocycles. The fraction of sp³-hybridized carbons (Fsp3) is 0.444. The van der Waals surface area contributed by atoms with E-state index in [1.165, 1.54) is 6.33 Å². The molecule has 5 nitrogen and oxygen atoms in total. The molecule has 0 N–H and O–H groups in total. The first kappa shape index (κ1) is 10.3. The highest BCUT2D eigenvalue weighted by atomic mass is 35.5. The maximum atomic E-state index is 10.8. The molecule has 2 rings (SSSR count). The standard InChI is InChI=1S/C9H10ClN3O2/c1-15-6-2-13(3-6)9-7(4-14)8(10)11-5-12-9/h4-6H,2-3H2,1H3. The van der Waals surface area contributed by atoms with Gasteiger partial charge >= 0.3 is 0 Å². The second kappa shape index (κ2) is 4.12. The molecule has 0 amide bonds. The lowest BCUT2D eigenvalue weighted by Crippen LogP contribution is -2.52. The number of aldehydes is 1. The van der Waals surface area contributed by atoms with Gasteiger partial charge in [0, 0.05) is 20.2 Å². The van der Waals surface area contributed by atoms with E-state index in [4.69, 9.17) is 16.3 Å². The summed E-state index contributed by atoms with van der Waals surface area (Å²) in [5, 5.41) is 0.191. The van der Waals surface area contributed by atoms with Crippen LogP contribution in [0.1, 0.15) is 10.4 Å². The Morgan fingerprint density at radius 2 is 2.33 bits per heavy atom. The molecule has 0 spiro atoms. The Labute approximate surface area is 92.0 Å². The maximum Gasteiger partial charge on any atom is 0.156 e. The largest absolute Gasteiger partial charge is 0.378 e. The first-order valence-corrected chi connectivity index (χ1v) is 4.87. The molecule has 0 saturated carbocycles. The minimum atomic E-state index is 0.191. The van der Waals surface area contributed by atoms with Crippen molar-refractivity contribution in [2.45, 2.75) is 6.10 Å². The first-order valence-electron chi connectivity index (χ1n) is 4.49. The molecule has 2 heterocycles. The normalized spacial score (nSPS) is 16.3. The molecule has 1 aromatic heterocycles. The number of nitrogens with zero attached hydrogens (tertiary/aromatic N) is 3. The molecule has 0 aromatic carbocycles. The zero-order valence-corrected chi connectivity index (χ0v) is 8.94. The average Bonchev–Trinajstić information content (AvgIpc) is 2.16. The van der Waals surface area contributed by atoms with Crippen LogP contribution in [-0.4, -0.2) is 42.6 Å². The number of anilines is 1. The van der Waals surface area contributed by atoms with Gasteiger partial charge in [-0.1, -0.05) is 11.6 Å². The third-order valence-electron chi connectivity index (χ3n) is 2.41. The number of carbonyl (C=O) groups is 1. The van der Waals surface area contributed by atoms with Crippen LogP contribution in [0.5, 0.6) is 0 Å². The van der Waals surface area contributed by atoms with E-state index < -0.39 is 0 Å². The van der Waals surface area contributed by atoms with Crippen LogP contribution in [-0.2, 0) is 4.74 Å². The lowest BCUT2D eigenvalue weighted by atomic mass is 10.1. The van der Waals surface area contributed by atoms with Gasteiger partial charge in [0.2, 0.25) is 0 Å². The second-order valence-electron chi connectivity index (χ2n) is 3.28. The number of carbonyl (C=O) groups excluding carboxylic acids is 1. The minimum absolute atomic E-state index is 0.191. The number of hydrogen-bond donors (Lipinski definition) is 0. The highest BCUT2D eigenvalue weighted by Crippen LogP contribution is 2.25. The molecule has 15 heavy (non-hydrogen) atoms. The van der Waals surface area contributed by atoms with Crippen LogP contribution >= 0.6 is 11.6 Å². The van der Waals surface area contributed by atoms with E-state index in [0.717, 1.165) is 13.1 Å². The number of rotatable bonds is 3. The Morgan fingerprint density at radius 3 is 2.93 bits per heavy atom. The maximum absolute atomic E-state index is 10.8. The van der Waals surface area contributed by atoms with Crippen LogP contribution in [0.2, 0.25) is 5.15 Å². The third-order valence-corrected chi connectivity index (χ3v) is 2.71. The molecule has 0 unspecified atom stereocenters. The number of methoxy groups -OCH3 is 1. The summed E-state index contributed by atoms with van der Waals surface area (Å²) in [5.74, 6) is 0.582. The Bertz CT molecular complexity index is 380. The quantitative estimate of drug-likeness (QED) is 0.564. The van der Waals surface area contributed by atoms with E-state index in [0.29, 0.717) is 17.7 Å². The van der Waals surface area contributed by atoms with Crippen molar-refractivity contribution in [2.75, 3.05) is 25.1 Å². The van der Waals surface area contributed by atoms with Gasteiger partial charge in [-0.3, -0.25) is 4.79 Å². The Balaban J connectivity index is 2.22. The summed E-state index contributed by atoms with van der Waals surface area (Å²) >= 11 is 5.78. The van der Waals surface area contributed by atoms with Crippen LogP contribution < -0.4 is 4.90 Å². The summed E-state index contributed by atoms with van der Waals surface area (Å²) in [5.41, 5.74) is 0.341. The zero-order valence-electron chi connectivity index (χ0n) is 8.18. The van der Waals surface area contributed by atoms with Crippen molar-refractivity contribution in [3.05, 3.63) is 17.0 Å². The Kier molecular flexibility index (Phi) is 2.83. The molecule has 1 aliphatic rings. The molecule has 0 atom stereocenters. The number of hydrogen-bond acceptors (Lipinski definition) is 5. The van der Waals surface area contributed by atoms with Crippen LogP contribution in [0.15, 0.2) is 6.33 Å². The first-order chi connectivity index (χ1) is 7.26. The average molecular weight is 228 g/mol. The van der Waals surface area contributed by atoms with Gasteiger partial charge in [0.05, 0.1) is 11.7 Å². The molecule has 80 valence electrons. The van der Waals surface area contributed by atoms with Crippen molar-refractivity contribution in [1.29, 1.82) is 0 Å². The molecule has 0 bridgehead atoms. The van der Waals surface area contributed by atoms with Crippen molar-refractivity contribution in [3.8, 4) is 0 Å². The molecular weight excluding hydrogens is 218 g/mol. The van der Waals surface area contributed by atoms with E-state index in [9.17, 15) is 4.79 Å². The van der Waals surface area contributed by atoms with Crippen LogP contribution in [0, 0.1) is 0 Å². The van der Waals surface area contributed by atoms with Gasteiger partial charge < -0.3 is 9.64 Å². The molecule has 1 saturated heterocycles. The van der Waals surface area contributed by atoms with Crippen LogP contribution in [0.4, 0.5) is 5.82 Å². The Hall–Kier alpha value is -1.20. The summed E-state index contributed by atoms with van der Waals surface area (Å²) in [6.07, 6.45) is 2.24. The van der Waals surface area contributed by atoms with Crippen molar-refractivity contribution in [3.63, 3.8) is 0 Å². The molecular formula is C9H10ClN3O2. The van der Waals surface area contributed by atoms with Gasteiger partial charge in [-0.15, -0.1) is 0 Å². The smallest absolute Gasteiger partial charge is 0.156 e. The fourth-order valence-corrected chi connectivity index (χ4v) is 1.65. The highest BCUT2D eigenvalue weighted by Gasteiger charge is 2.29. The molecule has 1 fully saturated rings. The second-order valence-corrected chi connectivity index (χ2v) is 3.64. The minimum Gasteiger partial charge on any atom is -0.378 e.